The molecular formula is C27H29N3O3. The van der Waals surface area contributed by atoms with Gasteiger partial charge in [-0.3, -0.25) is 14.4 Å². The van der Waals surface area contributed by atoms with Crippen molar-refractivity contribution in [3.8, 4) is 11.1 Å². The van der Waals surface area contributed by atoms with Crippen LogP contribution in [-0.4, -0.2) is 52.8 Å². The van der Waals surface area contributed by atoms with E-state index in [0.717, 1.165) is 27.9 Å². The summed E-state index contributed by atoms with van der Waals surface area (Å²) in [5, 5.41) is 0. The second-order valence-electron chi connectivity index (χ2n) is 8.57. The summed E-state index contributed by atoms with van der Waals surface area (Å²) in [7, 11) is 1.75. The smallest absolute Gasteiger partial charge is 0.261 e. The second-order valence-corrected chi connectivity index (χ2v) is 8.57. The molecule has 1 aliphatic heterocycles. The maximum Gasteiger partial charge on any atom is 0.261 e. The van der Waals surface area contributed by atoms with Crippen molar-refractivity contribution in [2.24, 2.45) is 0 Å². The molecule has 6 heteroatoms. The first-order valence-corrected chi connectivity index (χ1v) is 11.3. The van der Waals surface area contributed by atoms with Gasteiger partial charge in [-0.1, -0.05) is 61.5 Å². The lowest BCUT2D eigenvalue weighted by Gasteiger charge is -2.39. The lowest BCUT2D eigenvalue weighted by molar-refractivity contribution is -0.138. The molecule has 0 unspecified atom stereocenters. The highest BCUT2D eigenvalue weighted by atomic mass is 16.2. The first kappa shape index (κ1) is 22.5. The van der Waals surface area contributed by atoms with Crippen LogP contribution >= 0.6 is 0 Å². The van der Waals surface area contributed by atoms with Gasteiger partial charge >= 0.3 is 0 Å². The molecule has 1 saturated heterocycles. The summed E-state index contributed by atoms with van der Waals surface area (Å²) in [6.07, 6.45) is 1.07. The zero-order chi connectivity index (χ0) is 23.5. The van der Waals surface area contributed by atoms with Crippen LogP contribution in [0.4, 0.5) is 0 Å². The van der Waals surface area contributed by atoms with E-state index in [1.807, 2.05) is 62.4 Å². The summed E-state index contributed by atoms with van der Waals surface area (Å²) in [4.78, 5) is 45.3. The first-order chi connectivity index (χ1) is 15.9. The molecule has 0 bridgehead atoms. The average Bonchev–Trinajstić information content (AvgIpc) is 2.83. The Bertz CT molecular complexity index is 1230. The van der Waals surface area contributed by atoms with Crippen LogP contribution in [0.15, 0.2) is 65.5 Å². The predicted molar refractivity (Wildman–Crippen MR) is 129 cm³/mol. The Labute approximate surface area is 193 Å². The Hall–Kier alpha value is -3.67. The number of carbonyl (C=O) groups is 2. The van der Waals surface area contributed by atoms with E-state index in [1.165, 1.54) is 0 Å². The van der Waals surface area contributed by atoms with Crippen molar-refractivity contribution in [1.29, 1.82) is 0 Å². The number of amides is 2. The molecule has 0 saturated carbocycles. The van der Waals surface area contributed by atoms with Gasteiger partial charge in [-0.05, 0) is 41.7 Å². The van der Waals surface area contributed by atoms with E-state index in [9.17, 15) is 14.4 Å². The Balaban J connectivity index is 1.66. The Morgan fingerprint density at radius 2 is 1.73 bits per heavy atom. The maximum atomic E-state index is 13.4. The minimum Gasteiger partial charge on any atom is -0.342 e. The summed E-state index contributed by atoms with van der Waals surface area (Å²) in [6.45, 7) is 4.67. The molecule has 1 N–H and O–H groups in total. The van der Waals surface area contributed by atoms with E-state index in [0.29, 0.717) is 25.9 Å². The van der Waals surface area contributed by atoms with E-state index in [1.54, 1.807) is 22.9 Å². The number of nitrogens with one attached hydrogen (secondary N) is 1. The zero-order valence-corrected chi connectivity index (χ0v) is 19.3. The molecular weight excluding hydrogens is 414 g/mol. The summed E-state index contributed by atoms with van der Waals surface area (Å²) >= 11 is 0. The molecule has 0 radical (unpaired) electrons. The van der Waals surface area contributed by atoms with Crippen molar-refractivity contribution in [3.63, 3.8) is 0 Å². The van der Waals surface area contributed by atoms with Gasteiger partial charge in [0, 0.05) is 32.3 Å². The van der Waals surface area contributed by atoms with Crippen molar-refractivity contribution >= 4 is 11.8 Å². The van der Waals surface area contributed by atoms with Gasteiger partial charge in [0.2, 0.25) is 5.91 Å². The van der Waals surface area contributed by atoms with Gasteiger partial charge in [0.25, 0.3) is 11.5 Å². The number of hydrogen-bond acceptors (Lipinski definition) is 3. The number of rotatable bonds is 5. The molecule has 2 aromatic carbocycles. The fourth-order valence-electron chi connectivity index (χ4n) is 4.44. The van der Waals surface area contributed by atoms with Crippen LogP contribution in [0.1, 0.15) is 34.1 Å². The Morgan fingerprint density at radius 3 is 2.45 bits per heavy atom. The standard InChI is InChI=1S/C27H29N3O3/c1-4-23-18(2)15-22(25(31)28-23)26(32)30-14-13-29(3)27(33)24(30)17-19-9-8-12-21(16-19)20-10-6-5-7-11-20/h5-12,15-16,24H,4,13-14,17H2,1-3H3,(H,28,31)/t24-/m0/s1. The molecule has 170 valence electrons. The number of aromatic amines is 1. The number of aromatic nitrogens is 1. The predicted octanol–water partition coefficient (Wildman–Crippen LogP) is 3.44. The lowest BCUT2D eigenvalue weighted by Crippen LogP contribution is -2.58. The minimum absolute atomic E-state index is 0.0880. The highest BCUT2D eigenvalue weighted by molar-refractivity contribution is 5.98. The molecule has 2 heterocycles. The number of hydrogen-bond donors (Lipinski definition) is 1. The van der Waals surface area contributed by atoms with Crippen molar-refractivity contribution in [1.82, 2.24) is 14.8 Å². The molecule has 2 amide bonds. The molecule has 4 rings (SSSR count). The van der Waals surface area contributed by atoms with E-state index < -0.39 is 17.5 Å². The number of benzene rings is 2. The van der Waals surface area contributed by atoms with Crippen LogP contribution in [0.3, 0.4) is 0 Å². The Kier molecular flexibility index (Phi) is 6.45. The van der Waals surface area contributed by atoms with Gasteiger partial charge in [0.05, 0.1) is 0 Å². The highest BCUT2D eigenvalue weighted by Crippen LogP contribution is 2.23. The number of pyridine rings is 1. The summed E-state index contributed by atoms with van der Waals surface area (Å²) in [6, 6.07) is 19.1. The van der Waals surface area contributed by atoms with Crippen LogP contribution in [-0.2, 0) is 17.6 Å². The summed E-state index contributed by atoms with van der Waals surface area (Å²) < 4.78 is 0. The monoisotopic (exact) mass is 443 g/mol. The van der Waals surface area contributed by atoms with Gasteiger partial charge in [-0.2, -0.15) is 0 Å². The van der Waals surface area contributed by atoms with E-state index >= 15 is 0 Å². The van der Waals surface area contributed by atoms with Crippen LogP contribution in [0.25, 0.3) is 11.1 Å². The number of piperazine rings is 1. The van der Waals surface area contributed by atoms with Crippen molar-refractivity contribution in [3.05, 3.63) is 93.4 Å². The van der Waals surface area contributed by atoms with Crippen molar-refractivity contribution < 1.29 is 9.59 Å². The maximum absolute atomic E-state index is 13.4. The van der Waals surface area contributed by atoms with Crippen LogP contribution < -0.4 is 5.56 Å². The van der Waals surface area contributed by atoms with Crippen LogP contribution in [0.2, 0.25) is 0 Å². The molecule has 1 aliphatic rings. The molecule has 6 nitrogen and oxygen atoms in total. The topological polar surface area (TPSA) is 73.5 Å². The number of H-pyrrole nitrogens is 1. The highest BCUT2D eigenvalue weighted by Gasteiger charge is 2.37. The molecule has 1 aromatic heterocycles. The van der Waals surface area contributed by atoms with Crippen molar-refractivity contribution in [2.45, 2.75) is 32.7 Å². The third-order valence-electron chi connectivity index (χ3n) is 6.37. The van der Waals surface area contributed by atoms with E-state index in [4.69, 9.17) is 0 Å². The largest absolute Gasteiger partial charge is 0.342 e. The van der Waals surface area contributed by atoms with E-state index in [-0.39, 0.29) is 11.5 Å². The zero-order valence-electron chi connectivity index (χ0n) is 19.3. The molecule has 1 fully saturated rings. The number of likely N-dealkylation sites (N-methyl/N-ethyl adjacent to an activating group) is 1. The van der Waals surface area contributed by atoms with E-state index in [2.05, 4.69) is 11.1 Å². The number of carbonyl (C=O) groups excluding carboxylic acids is 2. The normalized spacial score (nSPS) is 16.2. The fourth-order valence-corrected chi connectivity index (χ4v) is 4.44. The van der Waals surface area contributed by atoms with Crippen LogP contribution in [0, 0.1) is 6.92 Å². The van der Waals surface area contributed by atoms with Gasteiger partial charge in [0.15, 0.2) is 0 Å². The number of aryl methyl sites for hydroxylation is 2. The van der Waals surface area contributed by atoms with Crippen molar-refractivity contribution in [2.75, 3.05) is 20.1 Å². The molecule has 1 atom stereocenters. The number of nitrogens with zero attached hydrogens (tertiary/aromatic N) is 2. The third kappa shape index (κ3) is 4.60. The van der Waals surface area contributed by atoms with Crippen LogP contribution in [0.5, 0.6) is 0 Å². The second kappa shape index (κ2) is 9.45. The average molecular weight is 444 g/mol. The molecule has 0 spiro atoms. The van der Waals surface area contributed by atoms with Gasteiger partial charge in [0.1, 0.15) is 11.6 Å². The molecule has 3 aromatic rings. The Morgan fingerprint density at radius 1 is 1.00 bits per heavy atom. The quantitative estimate of drug-likeness (QED) is 0.657. The molecule has 33 heavy (non-hydrogen) atoms. The van der Waals surface area contributed by atoms with Gasteiger partial charge < -0.3 is 14.8 Å². The molecule has 0 aliphatic carbocycles. The lowest BCUT2D eigenvalue weighted by atomic mass is 9.96. The van der Waals surface area contributed by atoms with Gasteiger partial charge in [-0.15, -0.1) is 0 Å². The fraction of sp³-hybridized carbons (Fsp3) is 0.296. The summed E-state index contributed by atoms with van der Waals surface area (Å²) in [5.41, 5.74) is 4.49. The summed E-state index contributed by atoms with van der Waals surface area (Å²) in [5.74, 6) is -0.509. The third-order valence-corrected chi connectivity index (χ3v) is 6.37. The first-order valence-electron chi connectivity index (χ1n) is 11.3. The van der Waals surface area contributed by atoms with Gasteiger partial charge in [-0.25, -0.2) is 0 Å². The minimum atomic E-state index is -0.659. The SMILES string of the molecule is CCc1[nH]c(=O)c(C(=O)N2CCN(C)C(=O)[C@@H]2Cc2cccc(-c3ccccc3)c2)cc1C.